The van der Waals surface area contributed by atoms with Crippen LogP contribution in [0.4, 0.5) is 34.1 Å². The van der Waals surface area contributed by atoms with Crippen molar-refractivity contribution in [3.05, 3.63) is 357 Å². The van der Waals surface area contributed by atoms with Crippen molar-refractivity contribution in [3.8, 4) is 66.8 Å². The number of hydrogen-bond acceptors (Lipinski definition) is 2. The molecule has 0 heterocycles. The summed E-state index contributed by atoms with van der Waals surface area (Å²) in [7, 11) is 0. The largest absolute Gasteiger partial charge is 0.310 e. The minimum atomic E-state index is -0.208. The summed E-state index contributed by atoms with van der Waals surface area (Å²) >= 11 is 0. The normalized spacial score (nSPS) is 15.1. The van der Waals surface area contributed by atoms with E-state index in [0.717, 1.165) is 11.4 Å². The first-order chi connectivity index (χ1) is 49.8. The van der Waals surface area contributed by atoms with Crippen LogP contribution in [0, 0.1) is 0 Å². The van der Waals surface area contributed by atoms with E-state index in [1.807, 2.05) is 0 Å². The van der Waals surface area contributed by atoms with Gasteiger partial charge in [-0.25, -0.2) is 0 Å². The Bertz CT molecular complexity index is 5280. The standard InChI is InChI=1S/C102H92N2/c1-97(2,3)73-41-45-75(46-42-73)103(77-49-55-85-81-19-15-17-21-89(81)99(7,8)93(85)61-77)79-51-57-87-83-53-31-67(59-91(83)101(11,12)95(87)63-79)25-23-65-27-33-69(34-28-65)71-37-39-72(40-38-71)70-35-29-66(30-36-70)24-26-68-32-54-84-88-58-52-80(64-96(88)102(13,14)92(84)60-68)104(76-47-43-74(44-48-76)98(4,5)6)78-50-56-86-82-20-16-18-22-90(82)100(9,10)94(86)62-78/h15-64H,1-14H3/b25-23+,26-24+. The molecular weight excluding hydrogens is 1250 g/mol. The van der Waals surface area contributed by atoms with Crippen molar-refractivity contribution in [1.82, 2.24) is 0 Å². The van der Waals surface area contributed by atoms with Crippen molar-refractivity contribution >= 4 is 58.4 Å². The van der Waals surface area contributed by atoms with E-state index in [1.54, 1.807) is 0 Å². The van der Waals surface area contributed by atoms with Crippen molar-refractivity contribution in [1.29, 1.82) is 0 Å². The van der Waals surface area contributed by atoms with Gasteiger partial charge in [-0.05, 0) is 228 Å². The molecule has 4 aliphatic rings. The van der Waals surface area contributed by atoms with Gasteiger partial charge in [0.05, 0.1) is 0 Å². The molecule has 0 bridgehead atoms. The highest BCUT2D eigenvalue weighted by molar-refractivity contribution is 5.92. The minimum absolute atomic E-state index is 0.0563. The van der Waals surface area contributed by atoms with E-state index >= 15 is 0 Å². The summed E-state index contributed by atoms with van der Waals surface area (Å²) in [6, 6.07) is 106. The van der Waals surface area contributed by atoms with Crippen molar-refractivity contribution in [2.24, 2.45) is 0 Å². The second kappa shape index (κ2) is 24.3. The lowest BCUT2D eigenvalue weighted by Gasteiger charge is -2.30. The number of nitrogens with zero attached hydrogens (tertiary/aromatic N) is 2. The molecule has 0 N–H and O–H groups in total. The molecule has 0 spiro atoms. The third-order valence-corrected chi connectivity index (χ3v) is 23.8. The summed E-state index contributed by atoms with van der Waals surface area (Å²) in [5.74, 6) is 0. The average molecular weight is 1350 g/mol. The number of benzene rings is 13. The number of hydrogen-bond donors (Lipinski definition) is 0. The van der Waals surface area contributed by atoms with Crippen molar-refractivity contribution < 1.29 is 0 Å². The summed E-state index contributed by atoms with van der Waals surface area (Å²) < 4.78 is 0. The monoisotopic (exact) mass is 1340 g/mol. The Morgan fingerprint density at radius 1 is 0.212 bits per heavy atom. The maximum absolute atomic E-state index is 2.47. The van der Waals surface area contributed by atoms with Gasteiger partial charge in [-0.3, -0.25) is 0 Å². The van der Waals surface area contributed by atoms with Crippen LogP contribution in [0.3, 0.4) is 0 Å². The Morgan fingerprint density at radius 3 is 0.731 bits per heavy atom. The van der Waals surface area contributed by atoms with Crippen LogP contribution in [0.1, 0.15) is 175 Å². The van der Waals surface area contributed by atoms with Gasteiger partial charge < -0.3 is 9.80 Å². The zero-order chi connectivity index (χ0) is 72.0. The van der Waals surface area contributed by atoms with Crippen LogP contribution in [0.2, 0.25) is 0 Å². The lowest BCUT2D eigenvalue weighted by molar-refractivity contribution is 0.590. The summed E-state index contributed by atoms with van der Waals surface area (Å²) in [4.78, 5) is 4.94. The van der Waals surface area contributed by atoms with E-state index in [2.05, 4.69) is 410 Å². The Morgan fingerprint density at radius 2 is 0.433 bits per heavy atom. The Kier molecular flexibility index (Phi) is 15.5. The van der Waals surface area contributed by atoms with E-state index in [1.165, 1.54) is 167 Å². The third kappa shape index (κ3) is 11.1. The van der Waals surface area contributed by atoms with Crippen LogP contribution < -0.4 is 9.80 Å². The predicted molar refractivity (Wildman–Crippen MR) is 445 cm³/mol. The van der Waals surface area contributed by atoms with Crippen molar-refractivity contribution in [2.75, 3.05) is 9.80 Å². The summed E-state index contributed by atoms with van der Waals surface area (Å²) in [6.45, 7) is 32.8. The first-order valence-electron chi connectivity index (χ1n) is 37.4. The molecule has 0 radical (unpaired) electrons. The van der Waals surface area contributed by atoms with Gasteiger partial charge in [0, 0.05) is 55.8 Å². The molecule has 0 fully saturated rings. The molecule has 0 aliphatic heterocycles. The highest BCUT2D eigenvalue weighted by atomic mass is 15.1. The van der Waals surface area contributed by atoms with E-state index in [4.69, 9.17) is 0 Å². The lowest BCUT2D eigenvalue weighted by atomic mass is 9.81. The zero-order valence-corrected chi connectivity index (χ0v) is 62.8. The van der Waals surface area contributed by atoms with Crippen LogP contribution >= 0.6 is 0 Å². The second-order valence-electron chi connectivity index (χ2n) is 33.9. The smallest absolute Gasteiger partial charge is 0.0465 e. The maximum Gasteiger partial charge on any atom is 0.0465 e. The Labute approximate surface area is 617 Å². The lowest BCUT2D eigenvalue weighted by Crippen LogP contribution is -2.18. The fourth-order valence-corrected chi connectivity index (χ4v) is 17.6. The van der Waals surface area contributed by atoms with E-state index in [-0.39, 0.29) is 32.5 Å². The van der Waals surface area contributed by atoms with Crippen molar-refractivity contribution in [3.63, 3.8) is 0 Å². The van der Waals surface area contributed by atoms with Gasteiger partial charge in [-0.2, -0.15) is 0 Å². The second-order valence-corrected chi connectivity index (χ2v) is 33.9. The van der Waals surface area contributed by atoms with E-state index in [0.29, 0.717) is 0 Å². The molecule has 0 saturated carbocycles. The minimum Gasteiger partial charge on any atom is -0.310 e. The number of fused-ring (bicyclic) bond motifs is 12. The van der Waals surface area contributed by atoms with Gasteiger partial charge in [-0.1, -0.05) is 327 Å². The fourth-order valence-electron chi connectivity index (χ4n) is 17.6. The number of rotatable bonds is 12. The van der Waals surface area contributed by atoms with Crippen molar-refractivity contribution in [2.45, 2.75) is 129 Å². The molecule has 13 aromatic carbocycles. The predicted octanol–water partition coefficient (Wildman–Crippen LogP) is 28.1. The van der Waals surface area contributed by atoms with Crippen LogP contribution in [0.25, 0.3) is 91.1 Å². The summed E-state index contributed by atoms with van der Waals surface area (Å²) in [5, 5.41) is 0. The maximum atomic E-state index is 2.47. The highest BCUT2D eigenvalue weighted by Gasteiger charge is 2.41. The summed E-state index contributed by atoms with van der Waals surface area (Å²) in [6.07, 6.45) is 9.03. The average Bonchev–Trinajstić information content (AvgIpc) is 1.58. The Balaban J connectivity index is 0.562. The quantitative estimate of drug-likeness (QED) is 0.113. The molecule has 0 unspecified atom stereocenters. The first-order valence-corrected chi connectivity index (χ1v) is 37.4. The van der Waals surface area contributed by atoms with Gasteiger partial charge in [0.25, 0.3) is 0 Å². The SMILES string of the molecule is CC(C)(C)c1ccc(N(c2ccc3c(c2)C(C)(C)c2ccccc2-3)c2ccc3c(c2)C(C)(C)c2cc(/C=C/c4ccc(-c5ccc(-c6ccc(/C=C/c7ccc8c(c7)C(C)(C)c7cc(N(c9ccc(C(C)(C)C)cc9)c9ccc%10c(c9)C(C)(C)c9ccccc9-%10)ccc7-8)cc6)cc5)cc4)ccc2-3)cc1. The molecule has 0 atom stereocenters. The van der Waals surface area contributed by atoms with Gasteiger partial charge in [-0.15, -0.1) is 0 Å². The van der Waals surface area contributed by atoms with Gasteiger partial charge in [0.1, 0.15) is 0 Å². The Hall–Kier alpha value is -11.1. The van der Waals surface area contributed by atoms with Gasteiger partial charge in [0.2, 0.25) is 0 Å². The molecule has 17 rings (SSSR count). The first kappa shape index (κ1) is 66.2. The molecule has 13 aromatic rings. The van der Waals surface area contributed by atoms with E-state index < -0.39 is 0 Å². The molecule has 0 aromatic heterocycles. The number of anilines is 6. The molecule has 2 nitrogen and oxygen atoms in total. The highest BCUT2D eigenvalue weighted by Crippen LogP contribution is 2.57. The molecule has 4 aliphatic carbocycles. The van der Waals surface area contributed by atoms with Gasteiger partial charge in [0.15, 0.2) is 0 Å². The molecule has 104 heavy (non-hydrogen) atoms. The third-order valence-electron chi connectivity index (χ3n) is 23.8. The van der Waals surface area contributed by atoms with Crippen LogP contribution in [0.15, 0.2) is 279 Å². The summed E-state index contributed by atoms with van der Waals surface area (Å²) in [5.41, 5.74) is 40.2. The molecular formula is C102H92N2. The fraction of sp³-hybridized carbons (Fsp3) is 0.196. The van der Waals surface area contributed by atoms with Crippen LogP contribution in [0.5, 0.6) is 0 Å². The van der Waals surface area contributed by atoms with E-state index in [9.17, 15) is 0 Å². The molecule has 2 heteroatoms. The van der Waals surface area contributed by atoms with Crippen LogP contribution in [-0.2, 0) is 32.5 Å². The topological polar surface area (TPSA) is 6.48 Å². The molecule has 510 valence electrons. The molecule has 0 amide bonds. The molecule has 0 saturated heterocycles. The zero-order valence-electron chi connectivity index (χ0n) is 62.8. The van der Waals surface area contributed by atoms with Gasteiger partial charge >= 0.3 is 0 Å². The van der Waals surface area contributed by atoms with Crippen LogP contribution in [-0.4, -0.2) is 0 Å².